The zero-order chi connectivity index (χ0) is 66.7. The number of piperazine rings is 1. The van der Waals surface area contributed by atoms with Crippen LogP contribution in [-0.2, 0) is 44.9 Å². The van der Waals surface area contributed by atoms with E-state index in [1.165, 1.54) is 36.0 Å². The highest BCUT2D eigenvalue weighted by atomic mass is 35.5. The van der Waals surface area contributed by atoms with Crippen molar-refractivity contribution >= 4 is 23.2 Å². The molecule has 1 saturated carbocycles. The number of aliphatic hydroxyl groups is 3. The fraction of sp³-hybridized carbons (Fsp3) is 0.544. The SMILES string of the molecule is CN(Cc1cc(Cl)ccc1OCc1ccccc1)C1CC[C@@H](N2CCCC2)[C@@H]1O.CN1CCCN(C2CCN(Cc3cc(Cl)ccc3OCc3ccccc3)CC[C@@H]2O)CC1.CN1CCN(C2CCN(Cc3cc(C(C)(C)C)ccc3OCc3ccccc3)CC[C@@H]2O)CC1. The van der Waals surface area contributed by atoms with Gasteiger partial charge in [-0.25, -0.2) is 0 Å². The van der Waals surface area contributed by atoms with E-state index < -0.39 is 0 Å². The van der Waals surface area contributed by atoms with Crippen molar-refractivity contribution in [2.75, 3.05) is 113 Å². The monoisotopic (exact) mass is 1340 g/mol. The topological polar surface area (TPSA) is 114 Å². The maximum atomic E-state index is 11.0. The van der Waals surface area contributed by atoms with Crippen molar-refractivity contribution in [1.29, 1.82) is 0 Å². The average molecular weight is 1340 g/mol. The van der Waals surface area contributed by atoms with Crippen molar-refractivity contribution in [3.63, 3.8) is 0 Å². The van der Waals surface area contributed by atoms with E-state index in [1.807, 2.05) is 78.9 Å². The van der Waals surface area contributed by atoms with Crippen LogP contribution in [0.2, 0.25) is 10.0 Å². The summed E-state index contributed by atoms with van der Waals surface area (Å²) in [6.45, 7) is 25.5. The summed E-state index contributed by atoms with van der Waals surface area (Å²) >= 11 is 12.6. The first-order valence-electron chi connectivity index (χ1n) is 35.5. The molecule has 0 radical (unpaired) electrons. The fourth-order valence-corrected chi connectivity index (χ4v) is 15.3. The van der Waals surface area contributed by atoms with Crippen molar-refractivity contribution in [2.45, 2.75) is 166 Å². The average Bonchev–Trinajstić information content (AvgIpc) is 1.74. The van der Waals surface area contributed by atoms with Crippen molar-refractivity contribution in [1.82, 2.24) is 39.2 Å². The molecular weight excluding hydrogens is 1230 g/mol. The molecule has 0 aromatic heterocycles. The molecular formula is C79H110Cl2N8O6. The fourth-order valence-electron chi connectivity index (χ4n) is 14.9. The number of likely N-dealkylation sites (N-methyl/N-ethyl adjacent to an activating group) is 3. The Morgan fingerprint density at radius 1 is 0.432 bits per heavy atom. The maximum absolute atomic E-state index is 11.0. The summed E-state index contributed by atoms with van der Waals surface area (Å²) in [7, 11) is 6.48. The lowest BCUT2D eigenvalue weighted by molar-refractivity contribution is 0.0224. The minimum atomic E-state index is -0.300. The van der Waals surface area contributed by atoms with E-state index in [1.54, 1.807) is 0 Å². The first-order valence-corrected chi connectivity index (χ1v) is 36.2. The number of ether oxygens (including phenoxy) is 3. The number of rotatable bonds is 19. The molecule has 5 aliphatic heterocycles. The third-order valence-corrected chi connectivity index (χ3v) is 21.2. The van der Waals surface area contributed by atoms with Crippen LogP contribution < -0.4 is 14.2 Å². The molecule has 6 fully saturated rings. The number of likely N-dealkylation sites (tertiary alicyclic amines) is 3. The van der Waals surface area contributed by atoms with E-state index in [2.05, 4.69) is 148 Å². The Morgan fingerprint density at radius 3 is 1.34 bits per heavy atom. The molecule has 516 valence electrons. The van der Waals surface area contributed by atoms with Crippen LogP contribution in [0.3, 0.4) is 0 Å². The van der Waals surface area contributed by atoms with E-state index in [9.17, 15) is 15.3 Å². The zero-order valence-electron chi connectivity index (χ0n) is 57.8. The number of hydrogen-bond acceptors (Lipinski definition) is 14. The van der Waals surface area contributed by atoms with Crippen LogP contribution in [0.1, 0.15) is 118 Å². The zero-order valence-corrected chi connectivity index (χ0v) is 59.3. The van der Waals surface area contributed by atoms with Crippen LogP contribution in [0.4, 0.5) is 0 Å². The highest BCUT2D eigenvalue weighted by molar-refractivity contribution is 6.31. The number of halogens is 2. The minimum absolute atomic E-state index is 0.0915. The van der Waals surface area contributed by atoms with Crippen molar-refractivity contribution in [3.8, 4) is 17.2 Å². The highest BCUT2D eigenvalue weighted by Gasteiger charge is 2.41. The van der Waals surface area contributed by atoms with Crippen LogP contribution in [-0.4, -0.2) is 210 Å². The first-order chi connectivity index (χ1) is 46.0. The second-order valence-electron chi connectivity index (χ2n) is 28.8. The van der Waals surface area contributed by atoms with Gasteiger partial charge in [0.15, 0.2) is 0 Å². The lowest BCUT2D eigenvalue weighted by atomic mass is 9.86. The van der Waals surface area contributed by atoms with E-state index in [4.69, 9.17) is 37.4 Å². The number of hydrogen-bond donors (Lipinski definition) is 3. The molecule has 16 heteroatoms. The van der Waals surface area contributed by atoms with Gasteiger partial charge < -0.3 is 39.3 Å². The highest BCUT2D eigenvalue weighted by Crippen LogP contribution is 2.35. The van der Waals surface area contributed by atoms with Crippen LogP contribution in [0.5, 0.6) is 17.2 Å². The Hall–Kier alpha value is -5.14. The quantitative estimate of drug-likeness (QED) is 0.0715. The Kier molecular flexibility index (Phi) is 27.6. The van der Waals surface area contributed by atoms with E-state index in [-0.39, 0.29) is 41.9 Å². The molecule has 6 aliphatic rings. The summed E-state index contributed by atoms with van der Waals surface area (Å²) < 4.78 is 18.6. The van der Waals surface area contributed by atoms with Gasteiger partial charge >= 0.3 is 0 Å². The van der Waals surface area contributed by atoms with Gasteiger partial charge in [-0.2, -0.15) is 0 Å². The molecule has 0 spiro atoms. The van der Waals surface area contributed by atoms with Gasteiger partial charge in [-0.15, -0.1) is 0 Å². The summed E-state index contributed by atoms with van der Waals surface area (Å²) in [5, 5.41) is 34.3. The Morgan fingerprint density at radius 2 is 0.842 bits per heavy atom. The van der Waals surface area contributed by atoms with Gasteiger partial charge in [-0.3, -0.25) is 29.4 Å². The van der Waals surface area contributed by atoms with Crippen molar-refractivity contribution < 1.29 is 29.5 Å². The molecule has 0 amide bonds. The van der Waals surface area contributed by atoms with Gasteiger partial charge in [0.05, 0.1) is 18.3 Å². The number of benzene rings is 6. The summed E-state index contributed by atoms with van der Waals surface area (Å²) in [5.74, 6) is 2.71. The van der Waals surface area contributed by atoms with Gasteiger partial charge in [0.1, 0.15) is 37.1 Å². The van der Waals surface area contributed by atoms with Gasteiger partial charge in [0.25, 0.3) is 0 Å². The second kappa shape index (κ2) is 36.1. The molecule has 1 aliphatic carbocycles. The molecule has 12 rings (SSSR count). The van der Waals surface area contributed by atoms with E-state index in [0.717, 1.165) is 188 Å². The third kappa shape index (κ3) is 21.7. The Labute approximate surface area is 579 Å². The number of nitrogens with zero attached hydrogens (tertiary/aromatic N) is 8. The molecule has 0 bridgehead atoms. The molecule has 5 saturated heterocycles. The number of aliphatic hydroxyl groups excluding tert-OH is 3. The van der Waals surface area contributed by atoms with Gasteiger partial charge in [0, 0.05) is 136 Å². The largest absolute Gasteiger partial charge is 0.489 e. The maximum Gasteiger partial charge on any atom is 0.124 e. The minimum Gasteiger partial charge on any atom is -0.489 e. The van der Waals surface area contributed by atoms with Crippen LogP contribution in [0.15, 0.2) is 146 Å². The van der Waals surface area contributed by atoms with Gasteiger partial charge in [-0.1, -0.05) is 147 Å². The van der Waals surface area contributed by atoms with Crippen molar-refractivity contribution in [3.05, 3.63) is 195 Å². The smallest absolute Gasteiger partial charge is 0.124 e. The third-order valence-electron chi connectivity index (χ3n) is 20.7. The van der Waals surface area contributed by atoms with Gasteiger partial charge in [0.2, 0.25) is 0 Å². The van der Waals surface area contributed by atoms with Crippen molar-refractivity contribution in [2.24, 2.45) is 0 Å². The van der Waals surface area contributed by atoms with E-state index >= 15 is 0 Å². The normalized spacial score (nSPS) is 24.2. The molecule has 6 aromatic rings. The van der Waals surface area contributed by atoms with Gasteiger partial charge in [-0.05, 0) is 175 Å². The van der Waals surface area contributed by atoms with Crippen LogP contribution in [0.25, 0.3) is 0 Å². The molecule has 3 N–H and O–H groups in total. The summed E-state index contributed by atoms with van der Waals surface area (Å²) in [4.78, 5) is 19.5. The lowest BCUT2D eigenvalue weighted by Gasteiger charge is -2.39. The Balaban J connectivity index is 0.000000156. The van der Waals surface area contributed by atoms with Crippen LogP contribution in [0, 0.1) is 0 Å². The molecule has 95 heavy (non-hydrogen) atoms. The van der Waals surface area contributed by atoms with Crippen LogP contribution >= 0.6 is 23.2 Å². The standard InChI is InChI=1S/C29H43N3O2.C26H36ClN3O2.C24H31ClN2O2/c1-29(2,3)25-10-11-28(34-22-23-8-6-5-7-9-23)24(20-25)21-31-14-12-26(27(33)13-15-31)32-18-16-30(4)17-19-32;1-28-12-5-13-30(17-16-28)24-10-14-29(15-11-25(24)31)19-22-18-23(27)8-9-26(22)32-20-21-6-3-2-4-7-21;1-26(21-10-11-22(24(21)28)27-13-5-6-14-27)16-19-15-20(25)9-12-23(19)29-17-18-7-3-2-4-8-18/h5-11,20,26-27,33H,12-19,21-22H2,1-4H3;2-4,6-9,18,24-25,31H,5,10-17,19-20H2,1H3;2-4,7-9,12,15,21-22,24,28H,5-6,10-11,13-14,16-17H2,1H3/t26?,27-;24?,25-;21?,22-,24-/m001/s1. The predicted octanol–water partition coefficient (Wildman–Crippen LogP) is 12.4. The molecule has 7 atom stereocenters. The summed E-state index contributed by atoms with van der Waals surface area (Å²) in [5.41, 5.74) is 8.31. The lowest BCUT2D eigenvalue weighted by Crippen LogP contribution is -2.52. The summed E-state index contributed by atoms with van der Waals surface area (Å²) in [6.07, 6.45) is 8.62. The Bertz CT molecular complexity index is 3230. The molecule has 14 nitrogen and oxygen atoms in total. The van der Waals surface area contributed by atoms with E-state index in [0.29, 0.717) is 37.4 Å². The first kappa shape index (κ1) is 72.6. The molecule has 6 aromatic carbocycles. The molecule has 5 heterocycles. The predicted molar refractivity (Wildman–Crippen MR) is 387 cm³/mol. The summed E-state index contributed by atoms with van der Waals surface area (Å²) in [6, 6.07) is 50.2. The second-order valence-corrected chi connectivity index (χ2v) is 29.6. The molecule has 3 unspecified atom stereocenters.